The second-order valence-corrected chi connectivity index (χ2v) is 4.26. The van der Waals surface area contributed by atoms with E-state index in [1.165, 1.54) is 0 Å². The summed E-state index contributed by atoms with van der Waals surface area (Å²) < 4.78 is 11.2. The van der Waals surface area contributed by atoms with Crippen molar-refractivity contribution in [2.75, 3.05) is 5.06 Å². The SMILES string of the molecule is c1ccc(C2=[O+][SiH-]ON2c2ccccc2)cc1. The number of rotatable bonds is 2. The first-order valence-electron chi connectivity index (χ1n) is 5.38. The summed E-state index contributed by atoms with van der Waals surface area (Å²) in [6.45, 7) is 0. The van der Waals surface area contributed by atoms with Gasteiger partial charge in [0.15, 0.2) is 0 Å². The quantitative estimate of drug-likeness (QED) is 0.583. The van der Waals surface area contributed by atoms with Crippen molar-refractivity contribution in [1.29, 1.82) is 0 Å². The van der Waals surface area contributed by atoms with E-state index < -0.39 is 10.0 Å². The van der Waals surface area contributed by atoms with Crippen molar-refractivity contribution < 1.29 is 8.64 Å². The summed E-state index contributed by atoms with van der Waals surface area (Å²) >= 11 is 0. The lowest BCUT2D eigenvalue weighted by molar-refractivity contribution is -0.0839. The molecule has 0 bridgehead atoms. The Bertz CT molecular complexity index is 528. The first-order chi connectivity index (χ1) is 8.45. The van der Waals surface area contributed by atoms with Gasteiger partial charge in [-0.05, 0) is 24.3 Å². The topological polar surface area (TPSA) is 23.8 Å². The molecule has 0 aliphatic carbocycles. The summed E-state index contributed by atoms with van der Waals surface area (Å²) in [6.07, 6.45) is 0. The van der Waals surface area contributed by atoms with Gasteiger partial charge in [-0.2, -0.15) is 5.06 Å². The van der Waals surface area contributed by atoms with Crippen LogP contribution in [0, 0.1) is 0 Å². The van der Waals surface area contributed by atoms with Crippen molar-refractivity contribution in [2.24, 2.45) is 0 Å². The highest BCUT2D eigenvalue weighted by Crippen LogP contribution is 2.20. The van der Waals surface area contributed by atoms with Crippen molar-refractivity contribution in [2.45, 2.75) is 0 Å². The molecule has 0 fully saturated rings. The van der Waals surface area contributed by atoms with E-state index in [1.54, 1.807) is 5.06 Å². The molecule has 0 amide bonds. The lowest BCUT2D eigenvalue weighted by Gasteiger charge is -2.15. The molecule has 0 saturated carbocycles. The number of amides is 1. The molecule has 0 N–H and O–H groups in total. The van der Waals surface area contributed by atoms with Crippen LogP contribution in [0.15, 0.2) is 60.7 Å². The molecule has 0 aromatic heterocycles. The first-order valence-corrected chi connectivity index (χ1v) is 6.32. The number of nitrogens with zero attached hydrogens (tertiary/aromatic N) is 1. The molecule has 3 nitrogen and oxygen atoms in total. The average molecular weight is 241 g/mol. The van der Waals surface area contributed by atoms with Crippen LogP contribution in [0.5, 0.6) is 0 Å². The Labute approximate surface area is 102 Å². The summed E-state index contributed by atoms with van der Waals surface area (Å²) in [5, 5.41) is 1.75. The Morgan fingerprint density at radius 1 is 0.882 bits per heavy atom. The van der Waals surface area contributed by atoms with Crippen molar-refractivity contribution >= 4 is 21.6 Å². The smallest absolute Gasteiger partial charge is 0.396 e. The number of para-hydroxylation sites is 1. The highest BCUT2D eigenvalue weighted by Gasteiger charge is 2.27. The number of carbonyl (C=O) groups excluding carboxylic acids is 1. The Morgan fingerprint density at radius 2 is 1.53 bits per heavy atom. The molecule has 0 atom stereocenters. The minimum Gasteiger partial charge on any atom is -0.464 e. The van der Waals surface area contributed by atoms with E-state index in [-0.39, 0.29) is 0 Å². The van der Waals surface area contributed by atoms with Gasteiger partial charge in [-0.15, -0.1) is 0 Å². The van der Waals surface area contributed by atoms with Gasteiger partial charge in [0.1, 0.15) is 0 Å². The largest absolute Gasteiger partial charge is 0.464 e. The maximum absolute atomic E-state index is 5.61. The molecule has 1 aliphatic heterocycles. The van der Waals surface area contributed by atoms with Crippen LogP contribution in [0.25, 0.3) is 0 Å². The Balaban J connectivity index is 1.96. The fraction of sp³-hybridized carbons (Fsp3) is 0. The molecular formula is C13H11NO2Si. The van der Waals surface area contributed by atoms with Crippen LogP contribution >= 0.6 is 0 Å². The zero-order valence-electron chi connectivity index (χ0n) is 9.11. The maximum atomic E-state index is 5.61. The first kappa shape index (κ1) is 10.3. The van der Waals surface area contributed by atoms with E-state index in [1.807, 2.05) is 60.7 Å². The minimum absolute atomic E-state index is 0.471. The molecule has 1 heterocycles. The summed E-state index contributed by atoms with van der Waals surface area (Å²) in [6, 6.07) is 19.9. The summed E-state index contributed by atoms with van der Waals surface area (Å²) in [7, 11) is -0.471. The molecule has 2 aromatic carbocycles. The minimum atomic E-state index is -0.471. The van der Waals surface area contributed by atoms with E-state index in [4.69, 9.17) is 8.64 Å². The van der Waals surface area contributed by atoms with Gasteiger partial charge in [0.2, 0.25) is 0 Å². The highest BCUT2D eigenvalue weighted by molar-refractivity contribution is 6.25. The zero-order valence-corrected chi connectivity index (χ0v) is 10.3. The number of hydrogen-bond acceptors (Lipinski definition) is 2. The molecule has 1 aliphatic rings. The molecule has 0 radical (unpaired) electrons. The van der Waals surface area contributed by atoms with Crippen LogP contribution in [0.2, 0.25) is 0 Å². The summed E-state index contributed by atoms with van der Waals surface area (Å²) in [5.41, 5.74) is 2.01. The average Bonchev–Trinajstić information content (AvgIpc) is 2.90. The maximum Gasteiger partial charge on any atom is 0.396 e. The molecule has 0 saturated heterocycles. The molecule has 0 unspecified atom stereocenters. The van der Waals surface area contributed by atoms with E-state index in [0.717, 1.165) is 17.2 Å². The van der Waals surface area contributed by atoms with E-state index >= 15 is 0 Å². The lowest BCUT2D eigenvalue weighted by atomic mass is 10.2. The third kappa shape index (κ3) is 2.00. The number of anilines is 1. The molecule has 84 valence electrons. The van der Waals surface area contributed by atoms with Gasteiger partial charge < -0.3 is 8.64 Å². The standard InChI is InChI=1S/C13H11NO2Si/c1-3-7-11(8-4-1)13-14(16-17-15-13)12-9-5-2-6-10-12/h1-10,17H. The van der Waals surface area contributed by atoms with Gasteiger partial charge in [0.05, 0.1) is 11.3 Å². The van der Waals surface area contributed by atoms with Gasteiger partial charge in [0, 0.05) is 0 Å². The Morgan fingerprint density at radius 3 is 2.24 bits per heavy atom. The number of benzene rings is 2. The van der Waals surface area contributed by atoms with Crippen LogP contribution in [-0.2, 0) is 4.53 Å². The Hall–Kier alpha value is -1.91. The predicted molar refractivity (Wildman–Crippen MR) is 67.9 cm³/mol. The van der Waals surface area contributed by atoms with Crippen molar-refractivity contribution in [1.82, 2.24) is 0 Å². The third-order valence-corrected chi connectivity index (χ3v) is 3.12. The summed E-state index contributed by atoms with van der Waals surface area (Å²) in [5.74, 6) is 0.770. The second-order valence-electron chi connectivity index (χ2n) is 3.62. The van der Waals surface area contributed by atoms with Gasteiger partial charge in [-0.1, -0.05) is 36.4 Å². The normalized spacial score (nSPS) is 14.4. The van der Waals surface area contributed by atoms with Crippen LogP contribution in [0.3, 0.4) is 0 Å². The van der Waals surface area contributed by atoms with Gasteiger partial charge in [-0.3, -0.25) is 0 Å². The molecule has 3 rings (SSSR count). The molecule has 0 spiro atoms. The monoisotopic (exact) mass is 241 g/mol. The van der Waals surface area contributed by atoms with Crippen LogP contribution in [0.1, 0.15) is 9.68 Å². The molecular weight excluding hydrogens is 230 g/mol. The molecule has 2 aromatic rings. The van der Waals surface area contributed by atoms with E-state index in [2.05, 4.69) is 0 Å². The fourth-order valence-corrected chi connectivity index (χ4v) is 2.38. The molecule has 17 heavy (non-hydrogen) atoms. The summed E-state index contributed by atoms with van der Waals surface area (Å²) in [4.78, 5) is 0. The molecule has 4 heteroatoms. The van der Waals surface area contributed by atoms with Crippen LogP contribution < -0.4 is 5.06 Å². The van der Waals surface area contributed by atoms with Crippen molar-refractivity contribution in [3.8, 4) is 0 Å². The van der Waals surface area contributed by atoms with Crippen LogP contribution in [-0.4, -0.2) is 15.9 Å². The number of hydrogen-bond donors (Lipinski definition) is 0. The highest BCUT2D eigenvalue weighted by atomic mass is 28.3. The Kier molecular flexibility index (Phi) is 2.73. The number of hydroxylamine groups is 1. The fourth-order valence-electron chi connectivity index (χ4n) is 1.71. The van der Waals surface area contributed by atoms with Crippen molar-refractivity contribution in [3.05, 3.63) is 66.2 Å². The van der Waals surface area contributed by atoms with Crippen LogP contribution in [0.4, 0.5) is 5.69 Å². The predicted octanol–water partition coefficient (Wildman–Crippen LogP) is 2.08. The van der Waals surface area contributed by atoms with E-state index in [9.17, 15) is 0 Å². The van der Waals surface area contributed by atoms with Crippen molar-refractivity contribution in [3.63, 3.8) is 0 Å². The lowest BCUT2D eigenvalue weighted by Crippen LogP contribution is -2.26. The van der Waals surface area contributed by atoms with Gasteiger partial charge in [-0.25, -0.2) is 0 Å². The van der Waals surface area contributed by atoms with Gasteiger partial charge >= 0.3 is 15.9 Å². The van der Waals surface area contributed by atoms with Gasteiger partial charge in [0.25, 0.3) is 0 Å². The third-order valence-electron chi connectivity index (χ3n) is 2.50. The zero-order chi connectivity index (χ0) is 11.5. The van der Waals surface area contributed by atoms with E-state index in [0.29, 0.717) is 0 Å². The second kappa shape index (κ2) is 4.53.